The highest BCUT2D eigenvalue weighted by Crippen LogP contribution is 2.13. The molecule has 0 aliphatic rings. The minimum Gasteiger partial charge on any atom is -0.315 e. The SMILES string of the molecule is CC(C)NCCCCc1cccc(Br)c1. The van der Waals surface area contributed by atoms with E-state index in [0.717, 1.165) is 6.54 Å². The maximum atomic E-state index is 3.49. The van der Waals surface area contributed by atoms with Crippen molar-refractivity contribution < 1.29 is 0 Å². The van der Waals surface area contributed by atoms with Crippen LogP contribution in [0.4, 0.5) is 0 Å². The van der Waals surface area contributed by atoms with Crippen molar-refractivity contribution in [2.45, 2.75) is 39.2 Å². The fourth-order valence-electron chi connectivity index (χ4n) is 1.54. The molecule has 0 bridgehead atoms. The molecule has 0 saturated heterocycles. The molecule has 0 atom stereocenters. The van der Waals surface area contributed by atoms with Gasteiger partial charge < -0.3 is 5.32 Å². The first kappa shape index (κ1) is 12.7. The fourth-order valence-corrected chi connectivity index (χ4v) is 1.98. The summed E-state index contributed by atoms with van der Waals surface area (Å²) in [6, 6.07) is 9.18. The van der Waals surface area contributed by atoms with Gasteiger partial charge in [0.2, 0.25) is 0 Å². The predicted molar refractivity (Wildman–Crippen MR) is 70.2 cm³/mol. The van der Waals surface area contributed by atoms with Crippen LogP contribution in [0.15, 0.2) is 28.7 Å². The standard InChI is InChI=1S/C13H20BrN/c1-11(2)15-9-4-3-6-12-7-5-8-13(14)10-12/h5,7-8,10-11,15H,3-4,6,9H2,1-2H3. The molecule has 0 aliphatic carbocycles. The number of hydrogen-bond acceptors (Lipinski definition) is 1. The first-order valence-electron chi connectivity index (χ1n) is 5.66. The molecule has 1 aromatic rings. The number of unbranched alkanes of at least 4 members (excludes halogenated alkanes) is 1. The smallest absolute Gasteiger partial charge is 0.0177 e. The highest BCUT2D eigenvalue weighted by atomic mass is 79.9. The van der Waals surface area contributed by atoms with Crippen molar-refractivity contribution in [2.75, 3.05) is 6.54 Å². The van der Waals surface area contributed by atoms with Gasteiger partial charge in [0.25, 0.3) is 0 Å². The lowest BCUT2D eigenvalue weighted by molar-refractivity contribution is 0.557. The fraction of sp³-hybridized carbons (Fsp3) is 0.538. The molecule has 1 rings (SSSR count). The molecule has 1 nitrogen and oxygen atoms in total. The van der Waals surface area contributed by atoms with Crippen LogP contribution in [0.5, 0.6) is 0 Å². The molecule has 0 unspecified atom stereocenters. The third kappa shape index (κ3) is 5.95. The largest absolute Gasteiger partial charge is 0.315 e. The topological polar surface area (TPSA) is 12.0 Å². The van der Waals surface area contributed by atoms with Crippen molar-refractivity contribution in [3.8, 4) is 0 Å². The van der Waals surface area contributed by atoms with Gasteiger partial charge in [0.1, 0.15) is 0 Å². The summed E-state index contributed by atoms with van der Waals surface area (Å²) >= 11 is 3.49. The molecule has 1 N–H and O–H groups in total. The first-order valence-corrected chi connectivity index (χ1v) is 6.45. The van der Waals surface area contributed by atoms with Gasteiger partial charge in [-0.3, -0.25) is 0 Å². The van der Waals surface area contributed by atoms with E-state index in [1.165, 1.54) is 29.3 Å². The minimum absolute atomic E-state index is 0.607. The molecule has 0 heterocycles. The molecule has 0 radical (unpaired) electrons. The molecule has 0 aromatic heterocycles. The van der Waals surface area contributed by atoms with E-state index in [4.69, 9.17) is 0 Å². The van der Waals surface area contributed by atoms with E-state index < -0.39 is 0 Å². The lowest BCUT2D eigenvalue weighted by atomic mass is 10.1. The second kappa shape index (κ2) is 7.02. The van der Waals surface area contributed by atoms with Crippen LogP contribution < -0.4 is 5.32 Å². The summed E-state index contributed by atoms with van der Waals surface area (Å²) < 4.78 is 1.18. The van der Waals surface area contributed by atoms with Gasteiger partial charge in [-0.1, -0.05) is 41.9 Å². The number of benzene rings is 1. The highest BCUT2D eigenvalue weighted by Gasteiger charge is 1.95. The zero-order valence-electron chi connectivity index (χ0n) is 9.59. The molecule has 0 aliphatic heterocycles. The van der Waals surface area contributed by atoms with E-state index in [1.54, 1.807) is 0 Å². The Hall–Kier alpha value is -0.340. The third-order valence-corrected chi connectivity index (χ3v) is 2.83. The van der Waals surface area contributed by atoms with Gasteiger partial charge in [0, 0.05) is 10.5 Å². The van der Waals surface area contributed by atoms with Gasteiger partial charge >= 0.3 is 0 Å². The van der Waals surface area contributed by atoms with Gasteiger partial charge in [-0.15, -0.1) is 0 Å². The number of hydrogen-bond donors (Lipinski definition) is 1. The predicted octanol–water partition coefficient (Wildman–Crippen LogP) is 3.77. The quantitative estimate of drug-likeness (QED) is 0.776. The molecular weight excluding hydrogens is 250 g/mol. The summed E-state index contributed by atoms with van der Waals surface area (Å²) in [6.07, 6.45) is 3.69. The zero-order chi connectivity index (χ0) is 11.1. The number of halogens is 1. The van der Waals surface area contributed by atoms with Crippen molar-refractivity contribution in [3.05, 3.63) is 34.3 Å². The van der Waals surface area contributed by atoms with Crippen molar-refractivity contribution in [1.29, 1.82) is 0 Å². The maximum absolute atomic E-state index is 3.49. The van der Waals surface area contributed by atoms with Crippen LogP contribution >= 0.6 is 15.9 Å². The minimum atomic E-state index is 0.607. The van der Waals surface area contributed by atoms with Crippen molar-refractivity contribution in [3.63, 3.8) is 0 Å². The Balaban J connectivity index is 2.15. The van der Waals surface area contributed by atoms with E-state index in [1.807, 2.05) is 0 Å². The van der Waals surface area contributed by atoms with Gasteiger partial charge in [-0.05, 0) is 43.5 Å². The van der Waals surface area contributed by atoms with Crippen LogP contribution in [0.3, 0.4) is 0 Å². The van der Waals surface area contributed by atoms with Crippen LogP contribution in [-0.2, 0) is 6.42 Å². The Morgan fingerprint density at radius 1 is 1.27 bits per heavy atom. The normalized spacial score (nSPS) is 10.9. The lowest BCUT2D eigenvalue weighted by Crippen LogP contribution is -2.23. The summed E-state index contributed by atoms with van der Waals surface area (Å²) in [5.41, 5.74) is 1.42. The van der Waals surface area contributed by atoms with Crippen molar-refractivity contribution in [2.24, 2.45) is 0 Å². The number of aryl methyl sites for hydroxylation is 1. The monoisotopic (exact) mass is 269 g/mol. The summed E-state index contributed by atoms with van der Waals surface area (Å²) in [4.78, 5) is 0. The molecule has 84 valence electrons. The second-order valence-electron chi connectivity index (χ2n) is 4.20. The average Bonchev–Trinajstić information content (AvgIpc) is 2.17. The Bertz CT molecular complexity index is 284. The van der Waals surface area contributed by atoms with Gasteiger partial charge in [0.15, 0.2) is 0 Å². The van der Waals surface area contributed by atoms with Crippen LogP contribution in [0.2, 0.25) is 0 Å². The van der Waals surface area contributed by atoms with E-state index >= 15 is 0 Å². The summed E-state index contributed by atoms with van der Waals surface area (Å²) in [5, 5.41) is 3.43. The molecule has 2 heteroatoms. The number of nitrogens with one attached hydrogen (secondary N) is 1. The summed E-state index contributed by atoms with van der Waals surface area (Å²) in [5.74, 6) is 0. The molecule has 0 saturated carbocycles. The number of rotatable bonds is 6. The Labute approximate surface area is 101 Å². The molecule has 1 aromatic carbocycles. The molecular formula is C13H20BrN. The average molecular weight is 270 g/mol. The van der Waals surface area contributed by atoms with Crippen LogP contribution in [0.1, 0.15) is 32.3 Å². The van der Waals surface area contributed by atoms with Crippen molar-refractivity contribution in [1.82, 2.24) is 5.32 Å². The summed E-state index contributed by atoms with van der Waals surface area (Å²) in [7, 11) is 0. The zero-order valence-corrected chi connectivity index (χ0v) is 11.2. The van der Waals surface area contributed by atoms with Crippen molar-refractivity contribution >= 4 is 15.9 Å². The third-order valence-electron chi connectivity index (χ3n) is 2.33. The van der Waals surface area contributed by atoms with Gasteiger partial charge in [-0.2, -0.15) is 0 Å². The second-order valence-corrected chi connectivity index (χ2v) is 5.11. The van der Waals surface area contributed by atoms with E-state index in [2.05, 4.69) is 59.4 Å². The van der Waals surface area contributed by atoms with Crippen LogP contribution in [-0.4, -0.2) is 12.6 Å². The molecule has 15 heavy (non-hydrogen) atoms. The Morgan fingerprint density at radius 3 is 2.73 bits per heavy atom. The van der Waals surface area contributed by atoms with Crippen LogP contribution in [0.25, 0.3) is 0 Å². The summed E-state index contributed by atoms with van der Waals surface area (Å²) in [6.45, 7) is 5.51. The maximum Gasteiger partial charge on any atom is 0.0177 e. The Kier molecular flexibility index (Phi) is 5.96. The van der Waals surface area contributed by atoms with Crippen LogP contribution in [0, 0.1) is 0 Å². The molecule has 0 fully saturated rings. The first-order chi connectivity index (χ1) is 7.18. The lowest BCUT2D eigenvalue weighted by Gasteiger charge is -2.07. The van der Waals surface area contributed by atoms with Gasteiger partial charge in [-0.25, -0.2) is 0 Å². The van der Waals surface area contributed by atoms with E-state index in [0.29, 0.717) is 6.04 Å². The highest BCUT2D eigenvalue weighted by molar-refractivity contribution is 9.10. The van der Waals surface area contributed by atoms with Gasteiger partial charge in [0.05, 0.1) is 0 Å². The molecule has 0 spiro atoms. The Morgan fingerprint density at radius 2 is 2.07 bits per heavy atom. The molecule has 0 amide bonds. The van der Waals surface area contributed by atoms with E-state index in [9.17, 15) is 0 Å². The van der Waals surface area contributed by atoms with E-state index in [-0.39, 0.29) is 0 Å².